The Morgan fingerprint density at radius 3 is 1.19 bits per heavy atom. The van der Waals surface area contributed by atoms with E-state index in [1.807, 2.05) is 33.3 Å². The largest absolute Gasteiger partial charge is 0.756 e. The number of nitrogens with zero attached hydrogens (tertiary/aromatic N) is 1. The van der Waals surface area contributed by atoms with Gasteiger partial charge in [0, 0.05) is 12.8 Å². The third kappa shape index (κ3) is 53.3. The molecule has 9 nitrogen and oxygen atoms in total. The third-order valence-electron chi connectivity index (χ3n) is 14.1. The zero-order valence-electron chi connectivity index (χ0n) is 48.7. The summed E-state index contributed by atoms with van der Waals surface area (Å²) in [5.74, 6) is -0.530. The molecule has 0 rings (SSSR count). The molecule has 0 aliphatic rings. The number of carbonyl (C=O) groups excluding carboxylic acids is 2. The van der Waals surface area contributed by atoms with Gasteiger partial charge < -0.3 is 28.5 Å². The summed E-state index contributed by atoms with van der Waals surface area (Å²) in [4.78, 5) is 39.9. The molecule has 0 aliphatic carbocycles. The number of hydrogen-bond donors (Lipinski definition) is 1. The van der Waals surface area contributed by atoms with Gasteiger partial charge in [-0.2, -0.15) is 0 Å². The number of quaternary nitrogens is 1. The van der Waals surface area contributed by atoms with E-state index in [4.69, 9.17) is 13.8 Å². The number of esters is 1. The van der Waals surface area contributed by atoms with E-state index < -0.39 is 20.0 Å². The van der Waals surface area contributed by atoms with Crippen molar-refractivity contribution >= 4 is 19.7 Å². The first kappa shape index (κ1) is 70.5. The Kier molecular flexibility index (Phi) is 51.8. The van der Waals surface area contributed by atoms with Gasteiger partial charge in [-0.3, -0.25) is 14.2 Å². The SMILES string of the molecule is CCCCCC/C=C\CCCCCCCCCC(=O)OC(/C=C/CCCCCCCCCCCC)C(COP(=O)([O-])OCC[N+](C)(C)C)NC(=O)CCCCCCCCCCCCCCCCCCCCC. The highest BCUT2D eigenvalue weighted by molar-refractivity contribution is 7.45. The molecular weight excluding hydrogens is 916 g/mol. The molecule has 0 aromatic rings. The topological polar surface area (TPSA) is 114 Å². The van der Waals surface area contributed by atoms with E-state index in [0.29, 0.717) is 17.4 Å². The molecule has 0 radical (unpaired) electrons. The van der Waals surface area contributed by atoms with E-state index in [1.165, 1.54) is 205 Å². The molecule has 1 amide bonds. The predicted molar refractivity (Wildman–Crippen MR) is 307 cm³/mol. The Morgan fingerprint density at radius 1 is 0.472 bits per heavy atom. The van der Waals surface area contributed by atoms with E-state index in [0.717, 1.165) is 70.6 Å². The fourth-order valence-electron chi connectivity index (χ4n) is 9.28. The number of phosphoric acid groups is 1. The smallest absolute Gasteiger partial charge is 0.306 e. The first-order valence-electron chi connectivity index (χ1n) is 31.1. The second-order valence-corrected chi connectivity index (χ2v) is 24.0. The van der Waals surface area contributed by atoms with Crippen molar-refractivity contribution in [1.82, 2.24) is 5.32 Å². The maximum atomic E-state index is 13.5. The first-order valence-corrected chi connectivity index (χ1v) is 32.6. The van der Waals surface area contributed by atoms with E-state index in [9.17, 15) is 19.0 Å². The normalized spacial score (nSPS) is 13.8. The van der Waals surface area contributed by atoms with Crippen LogP contribution in [0.4, 0.5) is 0 Å². The third-order valence-corrected chi connectivity index (χ3v) is 15.1. The monoisotopic (exact) mass is 1040 g/mol. The molecule has 3 unspecified atom stereocenters. The van der Waals surface area contributed by atoms with Gasteiger partial charge in [-0.15, -0.1) is 0 Å². The van der Waals surface area contributed by atoms with Crippen LogP contribution in [0.15, 0.2) is 24.3 Å². The summed E-state index contributed by atoms with van der Waals surface area (Å²) in [5, 5.41) is 3.03. The van der Waals surface area contributed by atoms with Crippen molar-refractivity contribution in [2.24, 2.45) is 0 Å². The van der Waals surface area contributed by atoms with Crippen molar-refractivity contribution in [3.63, 3.8) is 0 Å². The molecule has 3 atom stereocenters. The van der Waals surface area contributed by atoms with Crippen LogP contribution in [0.25, 0.3) is 0 Å². The summed E-state index contributed by atoms with van der Waals surface area (Å²) < 4.78 is 30.3. The average molecular weight is 1040 g/mol. The second-order valence-electron chi connectivity index (χ2n) is 22.6. The van der Waals surface area contributed by atoms with E-state index >= 15 is 0 Å². The number of likely N-dealkylation sites (N-methyl/N-ethyl adjacent to an activating group) is 1. The fraction of sp³-hybridized carbons (Fsp3) is 0.903. The van der Waals surface area contributed by atoms with Crippen molar-refractivity contribution < 1.29 is 37.3 Å². The summed E-state index contributed by atoms with van der Waals surface area (Å²) in [6.45, 7) is 6.87. The van der Waals surface area contributed by atoms with Crippen LogP contribution < -0.4 is 10.2 Å². The van der Waals surface area contributed by atoms with Gasteiger partial charge in [-0.25, -0.2) is 0 Å². The molecule has 72 heavy (non-hydrogen) atoms. The van der Waals surface area contributed by atoms with Gasteiger partial charge in [0.1, 0.15) is 19.3 Å². The number of allylic oxidation sites excluding steroid dienone is 3. The van der Waals surface area contributed by atoms with E-state index in [-0.39, 0.29) is 31.5 Å². The van der Waals surface area contributed by atoms with Crippen molar-refractivity contribution in [2.75, 3.05) is 40.9 Å². The Balaban J connectivity index is 5.22. The van der Waals surface area contributed by atoms with Gasteiger partial charge in [0.2, 0.25) is 5.91 Å². The maximum absolute atomic E-state index is 13.5. The Bertz CT molecular complexity index is 1290. The standard InChI is InChI=1S/C62H121N2O7P/c1-7-10-13-16-19-22-25-28-30-31-32-33-35-36-39-42-45-48-51-54-61(65)63-59(58-70-72(67,68)69-57-56-64(4,5)6)60(53-50-47-44-41-38-27-24-21-18-15-12-9-3)71-62(66)55-52-49-46-43-40-37-34-29-26-23-20-17-14-11-8-2/h23,26,50,53,59-60H,7-22,24-25,27-49,51-52,54-58H2,1-6H3,(H-,63,65,67,68)/b26-23-,53-50+. The van der Waals surface area contributed by atoms with Gasteiger partial charge in [-0.05, 0) is 57.4 Å². The lowest BCUT2D eigenvalue weighted by atomic mass is 10.0. The average Bonchev–Trinajstić information content (AvgIpc) is 3.34. The van der Waals surface area contributed by atoms with E-state index in [1.54, 1.807) is 0 Å². The highest BCUT2D eigenvalue weighted by atomic mass is 31.2. The number of amides is 1. The van der Waals surface area contributed by atoms with Crippen molar-refractivity contribution in [1.29, 1.82) is 0 Å². The highest BCUT2D eigenvalue weighted by Gasteiger charge is 2.27. The van der Waals surface area contributed by atoms with Crippen LogP contribution in [0.1, 0.15) is 310 Å². The molecule has 426 valence electrons. The van der Waals surface area contributed by atoms with E-state index in [2.05, 4.69) is 38.2 Å². The molecule has 0 saturated carbocycles. The Labute approximate surface area is 447 Å². The molecule has 0 fully saturated rings. The number of carbonyl (C=O) groups is 2. The van der Waals surface area contributed by atoms with Crippen LogP contribution >= 0.6 is 7.82 Å². The maximum Gasteiger partial charge on any atom is 0.306 e. The van der Waals surface area contributed by atoms with Gasteiger partial charge in [0.25, 0.3) is 7.82 Å². The van der Waals surface area contributed by atoms with Crippen molar-refractivity contribution in [3.8, 4) is 0 Å². The fourth-order valence-corrected chi connectivity index (χ4v) is 10.0. The number of ether oxygens (including phenoxy) is 1. The van der Waals surface area contributed by atoms with Crippen LogP contribution in [0.2, 0.25) is 0 Å². The molecule has 0 spiro atoms. The summed E-state index contributed by atoms with van der Waals surface area (Å²) >= 11 is 0. The highest BCUT2D eigenvalue weighted by Crippen LogP contribution is 2.38. The number of rotatable bonds is 57. The molecule has 0 bridgehead atoms. The van der Waals surface area contributed by atoms with Crippen LogP contribution in [0.5, 0.6) is 0 Å². The lowest BCUT2D eigenvalue weighted by molar-refractivity contribution is -0.870. The summed E-state index contributed by atoms with van der Waals surface area (Å²) in [6.07, 6.45) is 61.4. The molecule has 0 aromatic heterocycles. The zero-order chi connectivity index (χ0) is 52.9. The molecule has 0 heterocycles. The minimum atomic E-state index is -4.69. The van der Waals surface area contributed by atoms with Gasteiger partial charge in [0.05, 0.1) is 33.8 Å². The molecule has 0 saturated heterocycles. The lowest BCUT2D eigenvalue weighted by Gasteiger charge is -2.30. The number of hydrogen-bond acceptors (Lipinski definition) is 7. The number of phosphoric ester groups is 1. The minimum absolute atomic E-state index is 0.0194. The molecule has 0 aliphatic heterocycles. The van der Waals surface area contributed by atoms with Crippen LogP contribution in [-0.2, 0) is 27.9 Å². The van der Waals surface area contributed by atoms with Gasteiger partial charge in [0.15, 0.2) is 0 Å². The summed E-state index contributed by atoms with van der Waals surface area (Å²) in [6, 6.07) is -0.883. The molecule has 0 aromatic carbocycles. The van der Waals surface area contributed by atoms with Crippen LogP contribution in [0.3, 0.4) is 0 Å². The Morgan fingerprint density at radius 2 is 0.806 bits per heavy atom. The predicted octanol–water partition coefficient (Wildman–Crippen LogP) is 18.3. The Hall–Kier alpha value is -1.51. The summed E-state index contributed by atoms with van der Waals surface area (Å²) in [7, 11) is 1.20. The number of nitrogens with one attached hydrogen (secondary N) is 1. The zero-order valence-corrected chi connectivity index (χ0v) is 49.6. The van der Waals surface area contributed by atoms with Crippen LogP contribution in [-0.4, -0.2) is 69.4 Å². The molecule has 1 N–H and O–H groups in total. The van der Waals surface area contributed by atoms with Gasteiger partial charge in [-0.1, -0.05) is 264 Å². The minimum Gasteiger partial charge on any atom is -0.756 e. The van der Waals surface area contributed by atoms with Crippen LogP contribution in [0, 0.1) is 0 Å². The number of unbranched alkanes of at least 4 members (excludes halogenated alkanes) is 39. The molecular formula is C62H121N2O7P. The van der Waals surface area contributed by atoms with Gasteiger partial charge >= 0.3 is 5.97 Å². The summed E-state index contributed by atoms with van der Waals surface area (Å²) in [5.41, 5.74) is 0. The quantitative estimate of drug-likeness (QED) is 0.0212. The first-order chi connectivity index (χ1) is 34.9. The lowest BCUT2D eigenvalue weighted by Crippen LogP contribution is -2.47. The second kappa shape index (κ2) is 52.9. The van der Waals surface area contributed by atoms with Crippen molar-refractivity contribution in [3.05, 3.63) is 24.3 Å². The van der Waals surface area contributed by atoms with Crippen molar-refractivity contribution in [2.45, 2.75) is 322 Å². The molecule has 10 heteroatoms.